The summed E-state index contributed by atoms with van der Waals surface area (Å²) in [6.07, 6.45) is 4.77. The van der Waals surface area contributed by atoms with Crippen LogP contribution < -0.4 is 19.3 Å². The number of para-hydroxylation sites is 7. The van der Waals surface area contributed by atoms with Crippen molar-refractivity contribution in [3.05, 3.63) is 203 Å². The van der Waals surface area contributed by atoms with Crippen LogP contribution in [-0.4, -0.2) is 9.97 Å². The molecule has 0 fully saturated rings. The largest absolute Gasteiger partial charge is 0.457 e. The first-order valence-corrected chi connectivity index (χ1v) is 18.3. The van der Waals surface area contributed by atoms with Crippen LogP contribution in [0.4, 0.5) is 34.1 Å². The Labute approximate surface area is 312 Å². The fourth-order valence-corrected chi connectivity index (χ4v) is 9.20. The van der Waals surface area contributed by atoms with Gasteiger partial charge in [-0.05, 0) is 77.4 Å². The van der Waals surface area contributed by atoms with E-state index in [4.69, 9.17) is 19.4 Å². The van der Waals surface area contributed by atoms with Crippen LogP contribution in [0.15, 0.2) is 170 Å². The lowest BCUT2D eigenvalue weighted by atomic mass is 9.66. The van der Waals surface area contributed by atoms with Crippen molar-refractivity contribution >= 4 is 34.1 Å². The van der Waals surface area contributed by atoms with E-state index in [1.54, 1.807) is 0 Å². The highest BCUT2D eigenvalue weighted by atomic mass is 16.5. The molecule has 1 aliphatic carbocycles. The van der Waals surface area contributed by atoms with Crippen LogP contribution in [0, 0.1) is 0 Å². The number of hydrogen-bond acceptors (Lipinski definition) is 6. The summed E-state index contributed by atoms with van der Waals surface area (Å²) < 4.78 is 13.3. The molecule has 1 unspecified atom stereocenters. The molecule has 5 heterocycles. The SMILES string of the molecule is c1ccc2c(c1)Cc1ccccc1N2c1cnc2c(c1)C1(c3ccccc3Oc3cc(N4c5ccccc5Oc5ccccc54)ccc31)c1cccnc1-2. The third-order valence-electron chi connectivity index (χ3n) is 11.4. The first-order chi connectivity index (χ1) is 26.8. The van der Waals surface area contributed by atoms with E-state index in [9.17, 15) is 0 Å². The maximum atomic E-state index is 6.93. The Hall–Kier alpha value is -7.18. The first kappa shape index (κ1) is 29.4. The number of rotatable bonds is 2. The molecule has 3 aliphatic heterocycles. The van der Waals surface area contributed by atoms with Gasteiger partial charge in [-0.25, -0.2) is 0 Å². The molecule has 0 saturated carbocycles. The van der Waals surface area contributed by atoms with Crippen molar-refractivity contribution < 1.29 is 9.47 Å². The van der Waals surface area contributed by atoms with Crippen molar-refractivity contribution in [2.24, 2.45) is 0 Å². The van der Waals surface area contributed by atoms with Crippen LogP contribution in [0.25, 0.3) is 11.4 Å². The van der Waals surface area contributed by atoms with E-state index >= 15 is 0 Å². The van der Waals surface area contributed by atoms with Gasteiger partial charge >= 0.3 is 0 Å². The summed E-state index contributed by atoms with van der Waals surface area (Å²) in [5.41, 5.74) is 14.2. The Balaban J connectivity index is 1.11. The molecule has 0 bridgehead atoms. The zero-order valence-electron chi connectivity index (χ0n) is 29.0. The average molecular weight is 695 g/mol. The monoisotopic (exact) mass is 694 g/mol. The van der Waals surface area contributed by atoms with Crippen LogP contribution in [0.3, 0.4) is 0 Å². The average Bonchev–Trinajstić information content (AvgIpc) is 3.51. The molecule has 8 aromatic rings. The molecular formula is C48H30N4O2. The van der Waals surface area contributed by atoms with Gasteiger partial charge in [-0.15, -0.1) is 0 Å². The molecule has 6 nitrogen and oxygen atoms in total. The van der Waals surface area contributed by atoms with Gasteiger partial charge in [0.2, 0.25) is 0 Å². The van der Waals surface area contributed by atoms with Crippen molar-refractivity contribution in [1.82, 2.24) is 9.97 Å². The quantitative estimate of drug-likeness (QED) is 0.180. The molecule has 0 saturated heterocycles. The highest BCUT2D eigenvalue weighted by Crippen LogP contribution is 2.63. The Morgan fingerprint density at radius 2 is 0.981 bits per heavy atom. The molecule has 0 radical (unpaired) electrons. The van der Waals surface area contributed by atoms with E-state index in [1.807, 2.05) is 60.9 Å². The van der Waals surface area contributed by atoms with Gasteiger partial charge in [0.25, 0.3) is 0 Å². The van der Waals surface area contributed by atoms with Crippen molar-refractivity contribution in [2.45, 2.75) is 11.8 Å². The second-order valence-electron chi connectivity index (χ2n) is 14.2. The maximum Gasteiger partial charge on any atom is 0.151 e. The molecule has 12 rings (SSSR count). The van der Waals surface area contributed by atoms with E-state index in [1.165, 1.54) is 22.5 Å². The van der Waals surface area contributed by atoms with E-state index < -0.39 is 5.41 Å². The standard InChI is InChI=1S/C48H30N4O2/c1-4-16-38-30(12-1)26-31-13-2-5-17-39(31)52(38)33-27-37-47(50-29-33)46-36(15-11-25-49-46)48(37)34-14-3-8-20-42(34)53-45-28-32(23-24-35(45)48)51-40-18-6-9-21-43(40)54-44-22-10-7-19-41(44)51/h1-25,27-29H,26H2. The molecule has 4 aliphatic rings. The predicted octanol–water partition coefficient (Wildman–Crippen LogP) is 11.9. The van der Waals surface area contributed by atoms with Gasteiger partial charge in [0.1, 0.15) is 11.5 Å². The van der Waals surface area contributed by atoms with Gasteiger partial charge < -0.3 is 19.3 Å². The van der Waals surface area contributed by atoms with E-state index in [0.717, 1.165) is 85.8 Å². The summed E-state index contributed by atoms with van der Waals surface area (Å²) in [7, 11) is 0. The lowest BCUT2D eigenvalue weighted by molar-refractivity contribution is 0.436. The van der Waals surface area contributed by atoms with E-state index in [-0.39, 0.29) is 0 Å². The third-order valence-corrected chi connectivity index (χ3v) is 11.4. The summed E-state index contributed by atoms with van der Waals surface area (Å²) in [6.45, 7) is 0. The number of nitrogens with zero attached hydrogens (tertiary/aromatic N) is 4. The number of benzene rings is 6. The van der Waals surface area contributed by atoms with Crippen molar-refractivity contribution in [3.8, 4) is 34.4 Å². The van der Waals surface area contributed by atoms with Gasteiger partial charge in [-0.2, -0.15) is 0 Å². The second kappa shape index (κ2) is 10.9. The Bertz CT molecular complexity index is 2780. The maximum absolute atomic E-state index is 6.93. The molecule has 54 heavy (non-hydrogen) atoms. The lowest BCUT2D eigenvalue weighted by Gasteiger charge is -2.40. The summed E-state index contributed by atoms with van der Waals surface area (Å²) in [6, 6.07) is 55.4. The highest BCUT2D eigenvalue weighted by Gasteiger charge is 2.53. The van der Waals surface area contributed by atoms with Crippen molar-refractivity contribution in [1.29, 1.82) is 0 Å². The van der Waals surface area contributed by atoms with Gasteiger partial charge in [-0.3, -0.25) is 9.97 Å². The van der Waals surface area contributed by atoms with Crippen LogP contribution in [0.5, 0.6) is 23.0 Å². The fraction of sp³-hybridized carbons (Fsp3) is 0.0417. The molecule has 6 heteroatoms. The molecule has 0 N–H and O–H groups in total. The number of fused-ring (bicyclic) bond motifs is 13. The minimum Gasteiger partial charge on any atom is -0.457 e. The summed E-state index contributed by atoms with van der Waals surface area (Å²) in [5.74, 6) is 3.21. The Kier molecular flexibility index (Phi) is 5.94. The van der Waals surface area contributed by atoms with Gasteiger partial charge in [0, 0.05) is 46.7 Å². The summed E-state index contributed by atoms with van der Waals surface area (Å²) >= 11 is 0. The molecule has 1 atom stereocenters. The van der Waals surface area contributed by atoms with Crippen LogP contribution in [0.1, 0.15) is 33.4 Å². The molecule has 1 spiro atoms. The Morgan fingerprint density at radius 3 is 1.72 bits per heavy atom. The smallest absolute Gasteiger partial charge is 0.151 e. The normalized spacial score (nSPS) is 16.4. The topological polar surface area (TPSA) is 50.7 Å². The van der Waals surface area contributed by atoms with Crippen molar-refractivity contribution in [2.75, 3.05) is 9.80 Å². The zero-order chi connectivity index (χ0) is 35.4. The minimum absolute atomic E-state index is 0.736. The molecule has 2 aromatic heterocycles. The second-order valence-corrected chi connectivity index (χ2v) is 14.2. The molecule has 254 valence electrons. The Morgan fingerprint density at radius 1 is 0.426 bits per heavy atom. The minimum atomic E-state index is -0.736. The van der Waals surface area contributed by atoms with Crippen molar-refractivity contribution in [3.63, 3.8) is 0 Å². The third kappa shape index (κ3) is 3.89. The van der Waals surface area contributed by atoms with Crippen LogP contribution in [0.2, 0.25) is 0 Å². The van der Waals surface area contributed by atoms with E-state index in [0.29, 0.717) is 0 Å². The number of pyridine rings is 2. The zero-order valence-corrected chi connectivity index (χ0v) is 29.0. The van der Waals surface area contributed by atoms with Gasteiger partial charge in [0.05, 0.1) is 45.7 Å². The number of ether oxygens (including phenoxy) is 2. The number of anilines is 6. The molecular weight excluding hydrogens is 665 g/mol. The van der Waals surface area contributed by atoms with Crippen LogP contribution >= 0.6 is 0 Å². The summed E-state index contributed by atoms with van der Waals surface area (Å²) in [5, 5.41) is 0. The molecule has 0 amide bonds. The predicted molar refractivity (Wildman–Crippen MR) is 212 cm³/mol. The lowest BCUT2D eigenvalue weighted by Crippen LogP contribution is -2.32. The molecule has 6 aromatic carbocycles. The van der Waals surface area contributed by atoms with Gasteiger partial charge in [0.15, 0.2) is 11.5 Å². The highest BCUT2D eigenvalue weighted by molar-refractivity contribution is 5.91. The summed E-state index contributed by atoms with van der Waals surface area (Å²) in [4.78, 5) is 14.9. The first-order valence-electron chi connectivity index (χ1n) is 18.3. The van der Waals surface area contributed by atoms with Gasteiger partial charge in [-0.1, -0.05) is 91.0 Å². The number of aromatic nitrogens is 2. The fourth-order valence-electron chi connectivity index (χ4n) is 9.20. The number of hydrogen-bond donors (Lipinski definition) is 0. The van der Waals surface area contributed by atoms with Crippen LogP contribution in [-0.2, 0) is 11.8 Å². The van der Waals surface area contributed by atoms with E-state index in [2.05, 4.69) is 119 Å².